The summed E-state index contributed by atoms with van der Waals surface area (Å²) in [6, 6.07) is 6.46. The second kappa shape index (κ2) is 7.03. The highest BCUT2D eigenvalue weighted by Crippen LogP contribution is 2.23. The first-order valence-corrected chi connectivity index (χ1v) is 7.94. The molecule has 1 saturated heterocycles. The number of halogens is 4. The zero-order chi connectivity index (χ0) is 17.2. The smallest absolute Gasteiger partial charge is 0.312 e. The van der Waals surface area contributed by atoms with E-state index >= 15 is 0 Å². The van der Waals surface area contributed by atoms with Crippen molar-refractivity contribution in [1.29, 1.82) is 0 Å². The van der Waals surface area contributed by atoms with E-state index in [0.717, 1.165) is 22.9 Å². The molecule has 1 N–H and O–H groups in total. The van der Waals surface area contributed by atoms with E-state index in [0.29, 0.717) is 26.2 Å². The van der Waals surface area contributed by atoms with Gasteiger partial charge in [-0.05, 0) is 49.2 Å². The molecule has 3 nitrogen and oxygen atoms in total. The van der Waals surface area contributed by atoms with Crippen molar-refractivity contribution < 1.29 is 17.6 Å². The molecular weight excluding hydrogens is 322 g/mol. The van der Waals surface area contributed by atoms with Gasteiger partial charge in [0.1, 0.15) is 5.82 Å². The minimum absolute atomic E-state index is 0.181. The van der Waals surface area contributed by atoms with E-state index in [1.807, 2.05) is 0 Å². The molecule has 24 heavy (non-hydrogen) atoms. The Morgan fingerprint density at radius 2 is 2.12 bits per heavy atom. The third-order valence-electron chi connectivity index (χ3n) is 4.27. The Morgan fingerprint density at radius 3 is 2.92 bits per heavy atom. The lowest BCUT2D eigenvalue weighted by molar-refractivity contribution is -0.143. The summed E-state index contributed by atoms with van der Waals surface area (Å²) in [5.41, 5.74) is 1.51. The Hall–Kier alpha value is -1.73. The molecule has 0 spiro atoms. The quantitative estimate of drug-likeness (QED) is 0.846. The number of rotatable bonds is 5. The van der Waals surface area contributed by atoms with Gasteiger partial charge >= 0.3 is 6.18 Å². The average Bonchev–Trinajstić information content (AvgIpc) is 2.92. The second-order valence-corrected chi connectivity index (χ2v) is 6.28. The Bertz CT molecular complexity index is 702. The molecule has 0 aliphatic carbocycles. The van der Waals surface area contributed by atoms with Crippen LogP contribution in [0.15, 0.2) is 30.5 Å². The number of nitrogens with zero attached hydrogens (tertiary/aromatic N) is 2. The van der Waals surface area contributed by atoms with Gasteiger partial charge in [-0.1, -0.05) is 6.07 Å². The largest absolute Gasteiger partial charge is 0.401 e. The first kappa shape index (κ1) is 17.1. The van der Waals surface area contributed by atoms with Crippen molar-refractivity contribution in [2.24, 2.45) is 5.92 Å². The van der Waals surface area contributed by atoms with Crippen LogP contribution < -0.4 is 5.32 Å². The number of alkyl halides is 3. The van der Waals surface area contributed by atoms with Crippen LogP contribution in [0.1, 0.15) is 12.0 Å². The molecule has 0 radical (unpaired) electrons. The number of pyridine rings is 1. The molecule has 3 rings (SSSR count). The van der Waals surface area contributed by atoms with Crippen molar-refractivity contribution in [2.45, 2.75) is 19.1 Å². The van der Waals surface area contributed by atoms with Crippen LogP contribution in [0.2, 0.25) is 0 Å². The summed E-state index contributed by atoms with van der Waals surface area (Å²) in [5, 5.41) is 3.97. The van der Waals surface area contributed by atoms with Gasteiger partial charge < -0.3 is 5.32 Å². The lowest BCUT2D eigenvalue weighted by atomic mass is 10.1. The van der Waals surface area contributed by atoms with Crippen molar-refractivity contribution in [1.82, 2.24) is 15.2 Å². The predicted octanol–water partition coefficient (Wildman–Crippen LogP) is 3.35. The van der Waals surface area contributed by atoms with E-state index in [2.05, 4.69) is 10.3 Å². The van der Waals surface area contributed by atoms with Gasteiger partial charge in [0.05, 0.1) is 12.1 Å². The summed E-state index contributed by atoms with van der Waals surface area (Å²) < 4.78 is 50.8. The zero-order valence-corrected chi connectivity index (χ0v) is 13.1. The van der Waals surface area contributed by atoms with Gasteiger partial charge in [-0.2, -0.15) is 13.2 Å². The molecule has 130 valence electrons. The Balaban J connectivity index is 1.54. The highest BCUT2D eigenvalue weighted by Gasteiger charge is 2.34. The molecule has 0 bridgehead atoms. The van der Waals surface area contributed by atoms with Crippen molar-refractivity contribution in [3.05, 3.63) is 41.8 Å². The lowest BCUT2D eigenvalue weighted by Crippen LogP contribution is -2.33. The number of aromatic nitrogens is 1. The number of benzene rings is 1. The SMILES string of the molecule is Fc1cc(CNCC2CCN(CC(F)(F)F)C2)c2ncccc2c1. The highest BCUT2D eigenvalue weighted by atomic mass is 19.4. The number of nitrogens with one attached hydrogen (secondary N) is 1. The number of fused-ring (bicyclic) bond motifs is 1. The first-order valence-electron chi connectivity index (χ1n) is 7.94. The maximum Gasteiger partial charge on any atom is 0.401 e. The predicted molar refractivity (Wildman–Crippen MR) is 84.0 cm³/mol. The third-order valence-corrected chi connectivity index (χ3v) is 4.27. The Labute approximate surface area is 137 Å². The van der Waals surface area contributed by atoms with Crippen LogP contribution in [0.25, 0.3) is 10.9 Å². The van der Waals surface area contributed by atoms with E-state index in [9.17, 15) is 17.6 Å². The zero-order valence-electron chi connectivity index (χ0n) is 13.1. The molecule has 0 saturated carbocycles. The van der Waals surface area contributed by atoms with Crippen molar-refractivity contribution in [3.63, 3.8) is 0 Å². The Kier molecular flexibility index (Phi) is 5.01. The summed E-state index contributed by atoms with van der Waals surface area (Å²) in [4.78, 5) is 5.72. The lowest BCUT2D eigenvalue weighted by Gasteiger charge is -2.18. The third kappa shape index (κ3) is 4.42. The molecule has 1 unspecified atom stereocenters. The molecule has 0 amide bonds. The fourth-order valence-electron chi connectivity index (χ4n) is 3.25. The summed E-state index contributed by atoms with van der Waals surface area (Å²) in [6.45, 7) is 1.12. The van der Waals surface area contributed by atoms with Gasteiger partial charge in [0, 0.05) is 24.7 Å². The normalized spacial score (nSPS) is 19.2. The van der Waals surface area contributed by atoms with Crippen LogP contribution >= 0.6 is 0 Å². The topological polar surface area (TPSA) is 28.2 Å². The highest BCUT2D eigenvalue weighted by molar-refractivity contribution is 5.81. The number of hydrogen-bond acceptors (Lipinski definition) is 3. The van der Waals surface area contributed by atoms with Gasteiger partial charge in [0.25, 0.3) is 0 Å². The van der Waals surface area contributed by atoms with Crippen molar-refractivity contribution in [2.75, 3.05) is 26.2 Å². The summed E-state index contributed by atoms with van der Waals surface area (Å²) in [7, 11) is 0. The van der Waals surface area contributed by atoms with E-state index in [1.54, 1.807) is 18.3 Å². The molecule has 1 aliphatic rings. The molecule has 1 aliphatic heterocycles. The molecule has 1 aromatic heterocycles. The van der Waals surface area contributed by atoms with Crippen molar-refractivity contribution >= 4 is 10.9 Å². The number of hydrogen-bond donors (Lipinski definition) is 1. The van der Waals surface area contributed by atoms with Crippen LogP contribution in [0.5, 0.6) is 0 Å². The molecule has 2 aromatic rings. The summed E-state index contributed by atoms with van der Waals surface area (Å²) >= 11 is 0. The van der Waals surface area contributed by atoms with Crippen LogP contribution in [0.4, 0.5) is 17.6 Å². The first-order chi connectivity index (χ1) is 11.4. The van der Waals surface area contributed by atoms with Crippen molar-refractivity contribution in [3.8, 4) is 0 Å². The molecule has 1 atom stereocenters. The van der Waals surface area contributed by atoms with Gasteiger partial charge in [-0.3, -0.25) is 9.88 Å². The number of likely N-dealkylation sites (tertiary alicyclic amines) is 1. The molecule has 1 fully saturated rings. The van der Waals surface area contributed by atoms with Gasteiger partial charge in [-0.25, -0.2) is 4.39 Å². The monoisotopic (exact) mass is 341 g/mol. The second-order valence-electron chi connectivity index (χ2n) is 6.28. The van der Waals surface area contributed by atoms with Crippen LogP contribution in [0, 0.1) is 11.7 Å². The van der Waals surface area contributed by atoms with Crippen LogP contribution in [0.3, 0.4) is 0 Å². The fourth-order valence-corrected chi connectivity index (χ4v) is 3.25. The van der Waals surface area contributed by atoms with E-state index in [-0.39, 0.29) is 11.7 Å². The van der Waals surface area contributed by atoms with Gasteiger partial charge in [0.2, 0.25) is 0 Å². The minimum Gasteiger partial charge on any atom is -0.312 e. The van der Waals surface area contributed by atoms with Crippen LogP contribution in [-0.2, 0) is 6.54 Å². The maximum absolute atomic E-state index is 13.7. The van der Waals surface area contributed by atoms with E-state index < -0.39 is 12.7 Å². The van der Waals surface area contributed by atoms with E-state index in [4.69, 9.17) is 0 Å². The average molecular weight is 341 g/mol. The standard InChI is InChI=1S/C17H19F4N3/c18-15-6-13-2-1-4-23-16(13)14(7-15)9-22-8-12-3-5-24(10-12)11-17(19,20)21/h1-2,4,6-7,12,22H,3,5,8-11H2. The molecule has 7 heteroatoms. The van der Waals surface area contributed by atoms with Gasteiger partial charge in [-0.15, -0.1) is 0 Å². The minimum atomic E-state index is -4.14. The molecular formula is C17H19F4N3. The van der Waals surface area contributed by atoms with Crippen LogP contribution in [-0.4, -0.2) is 42.2 Å². The summed E-state index contributed by atoms with van der Waals surface area (Å²) in [6.07, 6.45) is -1.74. The molecule has 1 aromatic carbocycles. The maximum atomic E-state index is 13.7. The van der Waals surface area contributed by atoms with Gasteiger partial charge in [0.15, 0.2) is 0 Å². The van der Waals surface area contributed by atoms with E-state index in [1.165, 1.54) is 17.0 Å². The fraction of sp³-hybridized carbons (Fsp3) is 0.471. The summed E-state index contributed by atoms with van der Waals surface area (Å²) in [5.74, 6) is -0.135. The Morgan fingerprint density at radius 1 is 1.29 bits per heavy atom. The molecule has 2 heterocycles.